The summed E-state index contributed by atoms with van der Waals surface area (Å²) in [6.45, 7) is 0. The van der Waals surface area contributed by atoms with E-state index in [1.54, 1.807) is 0 Å². The number of diazo groups is 1. The van der Waals surface area contributed by atoms with Gasteiger partial charge < -0.3 is 17.3 Å². The number of rotatable bonds is 0. The molecule has 0 bridgehead atoms. The molecule has 0 saturated heterocycles. The summed E-state index contributed by atoms with van der Waals surface area (Å²) in [7, 11) is -6.00. The van der Waals surface area contributed by atoms with E-state index < -0.39 is 7.25 Å². The third-order valence-electron chi connectivity index (χ3n) is 1.66. The number of hydrogen-bond donors (Lipinski definition) is 1. The lowest BCUT2D eigenvalue weighted by molar-refractivity contribution is -0.175. The van der Waals surface area contributed by atoms with Gasteiger partial charge in [-0.15, -0.1) is 0 Å². The molecule has 17 heavy (non-hydrogen) atoms. The molecule has 0 heterocycles. The standard InChI is InChI=1S/C10H8.BF4.N2/c1-2-6-10-8-4-3-7-9(10)5-1;2-1(3,4)5;1-2/h1-8H;;/q;-1;/p+1. The highest BCUT2D eigenvalue weighted by Crippen LogP contribution is 2.11. The van der Waals surface area contributed by atoms with Gasteiger partial charge >= 0.3 is 7.25 Å². The van der Waals surface area contributed by atoms with Gasteiger partial charge in [0.2, 0.25) is 5.39 Å². The van der Waals surface area contributed by atoms with Crippen LogP contribution in [-0.4, -0.2) is 7.25 Å². The molecule has 1 N–H and O–H groups in total. The van der Waals surface area contributed by atoms with Crippen molar-refractivity contribution in [2.45, 2.75) is 0 Å². The van der Waals surface area contributed by atoms with Crippen LogP contribution in [0.25, 0.3) is 10.8 Å². The van der Waals surface area contributed by atoms with Crippen LogP contribution in [0.3, 0.4) is 0 Å². The molecule has 0 amide bonds. The van der Waals surface area contributed by atoms with Gasteiger partial charge in [-0.05, 0) is 10.8 Å². The SMILES string of the molecule is F[B-](F)(F)F.N#[NH+].c1ccc2ccccc2c1. The Morgan fingerprint density at radius 3 is 1.06 bits per heavy atom. The van der Waals surface area contributed by atoms with Crippen molar-refractivity contribution in [3.8, 4) is 0 Å². The average Bonchev–Trinajstić information content (AvgIpc) is 2.30. The summed E-state index contributed by atoms with van der Waals surface area (Å²) in [4.78, 5) is 0. The van der Waals surface area contributed by atoms with Gasteiger partial charge in [0.25, 0.3) is 0 Å². The smallest absolute Gasteiger partial charge is 0.418 e. The third-order valence-corrected chi connectivity index (χ3v) is 1.66. The van der Waals surface area contributed by atoms with Gasteiger partial charge in [-0.2, -0.15) is 0 Å². The first-order valence-electron chi connectivity index (χ1n) is 4.50. The van der Waals surface area contributed by atoms with E-state index in [0.717, 1.165) is 0 Å². The largest absolute Gasteiger partial charge is 0.673 e. The zero-order valence-electron chi connectivity index (χ0n) is 8.66. The molecule has 0 radical (unpaired) electrons. The Morgan fingerprint density at radius 2 is 0.882 bits per heavy atom. The van der Waals surface area contributed by atoms with Gasteiger partial charge in [0.05, 0.1) is 5.39 Å². The molecule has 0 fully saturated rings. The highest BCUT2D eigenvalue weighted by atomic mass is 19.5. The minimum Gasteiger partial charge on any atom is -0.418 e. The van der Waals surface area contributed by atoms with Crippen molar-refractivity contribution in [3.05, 3.63) is 48.5 Å². The molecular formula is C10H9BF4N2. The van der Waals surface area contributed by atoms with E-state index in [1.807, 2.05) is 0 Å². The van der Waals surface area contributed by atoms with Crippen LogP contribution < -0.4 is 5.39 Å². The fourth-order valence-electron chi connectivity index (χ4n) is 1.13. The average molecular weight is 244 g/mol. The molecule has 0 aromatic heterocycles. The number of nitrogens with one attached hydrogen (secondary N) is 1. The van der Waals surface area contributed by atoms with E-state index in [-0.39, 0.29) is 0 Å². The summed E-state index contributed by atoms with van der Waals surface area (Å²) in [6, 6.07) is 16.7. The summed E-state index contributed by atoms with van der Waals surface area (Å²) < 4.78 is 39.0. The summed E-state index contributed by atoms with van der Waals surface area (Å²) in [5.74, 6) is 0. The van der Waals surface area contributed by atoms with Crippen molar-refractivity contribution in [2.24, 2.45) is 0 Å². The van der Waals surface area contributed by atoms with Gasteiger partial charge in [0.1, 0.15) is 0 Å². The van der Waals surface area contributed by atoms with Crippen molar-refractivity contribution < 1.29 is 22.7 Å². The molecule has 2 rings (SSSR count). The fraction of sp³-hybridized carbons (Fsp3) is 0. The molecule has 90 valence electrons. The Hall–Kier alpha value is -2.10. The molecule has 2 aromatic rings. The van der Waals surface area contributed by atoms with Crippen LogP contribution >= 0.6 is 0 Å². The van der Waals surface area contributed by atoms with Gasteiger partial charge in [-0.25, -0.2) is 0 Å². The summed E-state index contributed by atoms with van der Waals surface area (Å²) in [6.07, 6.45) is 0. The van der Waals surface area contributed by atoms with Gasteiger partial charge in [-0.1, -0.05) is 48.5 Å². The summed E-state index contributed by atoms with van der Waals surface area (Å²) in [5.41, 5.74) is 0. The number of benzene rings is 2. The quantitative estimate of drug-likeness (QED) is 0.431. The predicted octanol–water partition coefficient (Wildman–Crippen LogP) is 2.42. The number of nitrogens with zero attached hydrogens (tertiary/aromatic N) is 1. The monoisotopic (exact) mass is 244 g/mol. The first-order valence-corrected chi connectivity index (χ1v) is 4.50. The molecule has 0 saturated carbocycles. The Labute approximate surface area is 95.4 Å². The molecule has 7 heteroatoms. The molecule has 2 aromatic carbocycles. The van der Waals surface area contributed by atoms with Crippen LogP contribution in [0.4, 0.5) is 17.3 Å². The third kappa shape index (κ3) is 7.79. The second-order valence-corrected chi connectivity index (χ2v) is 2.84. The molecule has 0 unspecified atom stereocenters. The Balaban J connectivity index is 0.000000315. The van der Waals surface area contributed by atoms with E-state index in [2.05, 4.69) is 48.5 Å². The van der Waals surface area contributed by atoms with Crippen LogP contribution in [0, 0.1) is 5.39 Å². The Morgan fingerprint density at radius 1 is 0.706 bits per heavy atom. The molecular weight excluding hydrogens is 235 g/mol. The van der Waals surface area contributed by atoms with Crippen LogP contribution in [0.2, 0.25) is 0 Å². The Bertz CT molecular complexity index is 399. The molecule has 0 atom stereocenters. The number of halogens is 4. The zero-order valence-corrected chi connectivity index (χ0v) is 8.66. The highest BCUT2D eigenvalue weighted by molar-refractivity contribution is 6.50. The maximum Gasteiger partial charge on any atom is 0.673 e. The zero-order chi connectivity index (χ0) is 13.3. The first kappa shape index (κ1) is 14.9. The Kier molecular flexibility index (Phi) is 6.33. The fourth-order valence-corrected chi connectivity index (χ4v) is 1.13. The van der Waals surface area contributed by atoms with Gasteiger partial charge in [0, 0.05) is 0 Å². The highest BCUT2D eigenvalue weighted by Gasteiger charge is 2.20. The maximum atomic E-state index is 9.75. The van der Waals surface area contributed by atoms with Crippen molar-refractivity contribution in [1.82, 2.24) is 0 Å². The van der Waals surface area contributed by atoms with E-state index in [9.17, 15) is 17.3 Å². The van der Waals surface area contributed by atoms with Crippen molar-refractivity contribution >= 4 is 18.0 Å². The van der Waals surface area contributed by atoms with E-state index >= 15 is 0 Å². The van der Waals surface area contributed by atoms with Crippen LogP contribution in [0.1, 0.15) is 0 Å². The van der Waals surface area contributed by atoms with Crippen LogP contribution in [0.15, 0.2) is 48.5 Å². The topological polar surface area (TPSA) is 47.6 Å². The van der Waals surface area contributed by atoms with E-state index in [4.69, 9.17) is 10.8 Å². The molecule has 0 aliphatic carbocycles. The second kappa shape index (κ2) is 7.22. The second-order valence-electron chi connectivity index (χ2n) is 2.84. The van der Waals surface area contributed by atoms with Crippen LogP contribution in [0.5, 0.6) is 0 Å². The van der Waals surface area contributed by atoms with Gasteiger partial charge in [-0.3, -0.25) is 0 Å². The van der Waals surface area contributed by atoms with E-state index in [1.165, 1.54) is 10.8 Å². The van der Waals surface area contributed by atoms with Crippen LogP contribution in [-0.2, 0) is 0 Å². The lowest BCUT2D eigenvalue weighted by atomic mass is 10.1. The summed E-state index contributed by atoms with van der Waals surface area (Å²) >= 11 is 0. The van der Waals surface area contributed by atoms with E-state index in [0.29, 0.717) is 0 Å². The molecule has 0 spiro atoms. The van der Waals surface area contributed by atoms with Crippen molar-refractivity contribution in [3.63, 3.8) is 0 Å². The van der Waals surface area contributed by atoms with Crippen molar-refractivity contribution in [2.75, 3.05) is 0 Å². The first-order chi connectivity index (χ1) is 7.97. The molecule has 0 aliphatic rings. The molecule has 0 aliphatic heterocycles. The molecule has 2 nitrogen and oxygen atoms in total. The normalized spacial score (nSPS) is 9.53. The van der Waals surface area contributed by atoms with Gasteiger partial charge in [0.15, 0.2) is 0 Å². The predicted molar refractivity (Wildman–Crippen MR) is 56.8 cm³/mol. The minimum absolute atomic E-state index is 1.31. The van der Waals surface area contributed by atoms with Crippen molar-refractivity contribution in [1.29, 1.82) is 5.39 Å². The minimum atomic E-state index is -6.00. The lowest BCUT2D eigenvalue weighted by Gasteiger charge is -1.94. The number of fused-ring (bicyclic) bond motifs is 1. The summed E-state index contributed by atoms with van der Waals surface area (Å²) in [5, 5.41) is 13.6. The lowest BCUT2D eigenvalue weighted by Crippen LogP contribution is -2.11. The number of hydrogen-bond acceptors (Lipinski definition) is 1. The maximum absolute atomic E-state index is 9.75.